The van der Waals surface area contributed by atoms with Crippen LogP contribution >= 0.6 is 0 Å². The Morgan fingerprint density at radius 3 is 2.80 bits per heavy atom. The molecule has 2 rings (SSSR count). The third kappa shape index (κ3) is 1.52. The molecule has 0 atom stereocenters. The zero-order valence-corrected chi connectivity index (χ0v) is 8.37. The van der Waals surface area contributed by atoms with E-state index in [-0.39, 0.29) is 5.69 Å². The van der Waals surface area contributed by atoms with Crippen molar-refractivity contribution in [1.29, 1.82) is 0 Å². The summed E-state index contributed by atoms with van der Waals surface area (Å²) >= 11 is 0. The molecule has 0 aliphatic rings. The number of para-hydroxylation sites is 1. The predicted octanol–water partition coefficient (Wildman–Crippen LogP) is 2.90. The van der Waals surface area contributed by atoms with Gasteiger partial charge in [-0.05, 0) is 18.6 Å². The smallest absolute Gasteiger partial charge is 0.352 e. The summed E-state index contributed by atoms with van der Waals surface area (Å²) in [5, 5.41) is 9.76. The standard InChI is InChI=1S/C12H11NO2/c1-7(2)9-5-3-4-8-6-10(12(14)15)13-11(8)9/h3-6,13H,1H2,2H3,(H,14,15). The Labute approximate surface area is 87.0 Å². The molecule has 0 saturated carbocycles. The lowest BCUT2D eigenvalue weighted by Crippen LogP contribution is -1.95. The molecular formula is C12H11NO2. The van der Waals surface area contributed by atoms with Crippen LogP contribution in [-0.4, -0.2) is 16.1 Å². The van der Waals surface area contributed by atoms with Crippen LogP contribution in [0.5, 0.6) is 0 Å². The van der Waals surface area contributed by atoms with E-state index in [2.05, 4.69) is 11.6 Å². The molecule has 0 saturated heterocycles. The quantitative estimate of drug-likeness (QED) is 0.784. The van der Waals surface area contributed by atoms with Gasteiger partial charge in [-0.1, -0.05) is 24.8 Å². The van der Waals surface area contributed by atoms with Gasteiger partial charge in [-0.2, -0.15) is 0 Å². The van der Waals surface area contributed by atoms with E-state index in [9.17, 15) is 4.79 Å². The first-order valence-electron chi connectivity index (χ1n) is 4.60. The van der Waals surface area contributed by atoms with Gasteiger partial charge in [0.25, 0.3) is 0 Å². The van der Waals surface area contributed by atoms with Gasteiger partial charge in [0.1, 0.15) is 5.69 Å². The Kier molecular flexibility index (Phi) is 2.08. The Balaban J connectivity index is 2.75. The molecule has 0 unspecified atom stereocenters. The lowest BCUT2D eigenvalue weighted by molar-refractivity contribution is 0.0691. The summed E-state index contributed by atoms with van der Waals surface area (Å²) in [7, 11) is 0. The minimum Gasteiger partial charge on any atom is -0.477 e. The molecule has 1 heterocycles. The normalized spacial score (nSPS) is 10.5. The molecule has 3 nitrogen and oxygen atoms in total. The minimum absolute atomic E-state index is 0.207. The molecule has 0 fully saturated rings. The van der Waals surface area contributed by atoms with Crippen molar-refractivity contribution < 1.29 is 9.90 Å². The fourth-order valence-electron chi connectivity index (χ4n) is 1.63. The highest BCUT2D eigenvalue weighted by Gasteiger charge is 2.09. The Hall–Kier alpha value is -2.03. The molecular weight excluding hydrogens is 190 g/mol. The van der Waals surface area contributed by atoms with E-state index in [0.717, 1.165) is 22.0 Å². The van der Waals surface area contributed by atoms with Gasteiger partial charge in [-0.3, -0.25) is 0 Å². The largest absolute Gasteiger partial charge is 0.477 e. The van der Waals surface area contributed by atoms with Gasteiger partial charge in [-0.15, -0.1) is 0 Å². The number of fused-ring (bicyclic) bond motifs is 1. The van der Waals surface area contributed by atoms with Crippen molar-refractivity contribution >= 4 is 22.4 Å². The van der Waals surface area contributed by atoms with Crippen molar-refractivity contribution in [2.24, 2.45) is 0 Å². The van der Waals surface area contributed by atoms with E-state index in [0.29, 0.717) is 0 Å². The van der Waals surface area contributed by atoms with Crippen molar-refractivity contribution in [3.8, 4) is 0 Å². The monoisotopic (exact) mass is 201 g/mol. The molecule has 0 spiro atoms. The predicted molar refractivity (Wildman–Crippen MR) is 60.0 cm³/mol. The van der Waals surface area contributed by atoms with E-state index >= 15 is 0 Å². The molecule has 3 heteroatoms. The Morgan fingerprint density at radius 2 is 2.20 bits per heavy atom. The molecule has 2 aromatic rings. The number of hydrogen-bond acceptors (Lipinski definition) is 1. The molecule has 76 valence electrons. The second-order valence-electron chi connectivity index (χ2n) is 3.54. The summed E-state index contributed by atoms with van der Waals surface area (Å²) in [6, 6.07) is 7.33. The molecule has 2 N–H and O–H groups in total. The van der Waals surface area contributed by atoms with Gasteiger partial charge >= 0.3 is 5.97 Å². The maximum absolute atomic E-state index is 10.8. The van der Waals surface area contributed by atoms with Crippen LogP contribution in [0, 0.1) is 0 Å². The fourth-order valence-corrected chi connectivity index (χ4v) is 1.63. The molecule has 0 bridgehead atoms. The summed E-state index contributed by atoms with van der Waals surface area (Å²) in [4.78, 5) is 13.7. The maximum atomic E-state index is 10.8. The number of carboxylic acids is 1. The second-order valence-corrected chi connectivity index (χ2v) is 3.54. The van der Waals surface area contributed by atoms with Crippen LogP contribution in [-0.2, 0) is 0 Å². The van der Waals surface area contributed by atoms with E-state index < -0.39 is 5.97 Å². The summed E-state index contributed by atoms with van der Waals surface area (Å²) in [6.45, 7) is 5.76. The van der Waals surface area contributed by atoms with Crippen LogP contribution in [0.25, 0.3) is 16.5 Å². The number of hydrogen-bond donors (Lipinski definition) is 2. The Bertz CT molecular complexity index is 552. The lowest BCUT2D eigenvalue weighted by atomic mass is 10.1. The number of aromatic amines is 1. The summed E-state index contributed by atoms with van der Waals surface area (Å²) in [6.07, 6.45) is 0. The summed E-state index contributed by atoms with van der Waals surface area (Å²) < 4.78 is 0. The maximum Gasteiger partial charge on any atom is 0.352 e. The van der Waals surface area contributed by atoms with Crippen LogP contribution < -0.4 is 0 Å². The topological polar surface area (TPSA) is 53.1 Å². The number of aromatic carboxylic acids is 1. The number of allylic oxidation sites excluding steroid dienone is 1. The molecule has 1 aromatic heterocycles. The number of carboxylic acid groups (broad SMARTS) is 1. The number of benzene rings is 1. The van der Waals surface area contributed by atoms with Gasteiger partial charge in [0, 0.05) is 10.9 Å². The van der Waals surface area contributed by atoms with Gasteiger partial charge in [-0.25, -0.2) is 4.79 Å². The molecule has 0 amide bonds. The van der Waals surface area contributed by atoms with E-state index in [1.165, 1.54) is 0 Å². The number of H-pyrrole nitrogens is 1. The SMILES string of the molecule is C=C(C)c1cccc2cc(C(=O)O)[nH]c12. The first-order valence-corrected chi connectivity index (χ1v) is 4.60. The lowest BCUT2D eigenvalue weighted by Gasteiger charge is -2.00. The number of aromatic nitrogens is 1. The number of rotatable bonds is 2. The first-order chi connectivity index (χ1) is 7.09. The number of carbonyl (C=O) groups is 1. The third-order valence-electron chi connectivity index (χ3n) is 2.35. The van der Waals surface area contributed by atoms with Crippen LogP contribution in [0.1, 0.15) is 23.0 Å². The van der Waals surface area contributed by atoms with Crippen LogP contribution in [0.2, 0.25) is 0 Å². The molecule has 15 heavy (non-hydrogen) atoms. The number of nitrogens with one attached hydrogen (secondary N) is 1. The van der Waals surface area contributed by atoms with E-state index in [1.807, 2.05) is 25.1 Å². The first kappa shape index (κ1) is 9.52. The van der Waals surface area contributed by atoms with E-state index in [4.69, 9.17) is 5.11 Å². The highest BCUT2D eigenvalue weighted by molar-refractivity contribution is 5.97. The summed E-state index contributed by atoms with van der Waals surface area (Å²) in [5.74, 6) is -0.945. The van der Waals surface area contributed by atoms with Gasteiger partial charge in [0.05, 0.1) is 5.52 Å². The van der Waals surface area contributed by atoms with Gasteiger partial charge in [0.2, 0.25) is 0 Å². The van der Waals surface area contributed by atoms with Crippen molar-refractivity contribution in [2.75, 3.05) is 0 Å². The zero-order chi connectivity index (χ0) is 11.0. The second kappa shape index (κ2) is 3.28. The van der Waals surface area contributed by atoms with Crippen molar-refractivity contribution in [3.63, 3.8) is 0 Å². The highest BCUT2D eigenvalue weighted by atomic mass is 16.4. The van der Waals surface area contributed by atoms with Crippen molar-refractivity contribution in [1.82, 2.24) is 4.98 Å². The average Bonchev–Trinajstić information content (AvgIpc) is 2.60. The third-order valence-corrected chi connectivity index (χ3v) is 2.35. The molecule has 1 aromatic carbocycles. The fraction of sp³-hybridized carbons (Fsp3) is 0.0833. The molecule has 0 aliphatic heterocycles. The van der Waals surface area contributed by atoms with Crippen LogP contribution in [0.3, 0.4) is 0 Å². The minimum atomic E-state index is -0.945. The van der Waals surface area contributed by atoms with Crippen molar-refractivity contribution in [2.45, 2.75) is 6.92 Å². The zero-order valence-electron chi connectivity index (χ0n) is 8.37. The molecule has 0 radical (unpaired) electrons. The van der Waals surface area contributed by atoms with Crippen LogP contribution in [0.15, 0.2) is 30.8 Å². The average molecular weight is 201 g/mol. The highest BCUT2D eigenvalue weighted by Crippen LogP contribution is 2.24. The van der Waals surface area contributed by atoms with Crippen molar-refractivity contribution in [3.05, 3.63) is 42.1 Å². The van der Waals surface area contributed by atoms with Gasteiger partial charge in [0.15, 0.2) is 0 Å². The van der Waals surface area contributed by atoms with Crippen LogP contribution in [0.4, 0.5) is 0 Å². The Morgan fingerprint density at radius 1 is 1.47 bits per heavy atom. The summed E-state index contributed by atoms with van der Waals surface area (Å²) in [5.41, 5.74) is 2.92. The molecule has 0 aliphatic carbocycles. The van der Waals surface area contributed by atoms with Gasteiger partial charge < -0.3 is 10.1 Å². The van der Waals surface area contributed by atoms with E-state index in [1.54, 1.807) is 6.07 Å².